The maximum Gasteiger partial charge on any atom is 0.145 e. The van der Waals surface area contributed by atoms with Gasteiger partial charge < -0.3 is 10.4 Å². The number of hydrogen-bond acceptors (Lipinski definition) is 3. The number of anilines is 1. The molecule has 4 heteroatoms. The first-order chi connectivity index (χ1) is 6.27. The summed E-state index contributed by atoms with van der Waals surface area (Å²) in [4.78, 5) is 4.06. The molecule has 1 heterocycles. The Morgan fingerprint density at radius 1 is 1.69 bits per heavy atom. The molecule has 0 bridgehead atoms. The van der Waals surface area contributed by atoms with Crippen molar-refractivity contribution in [3.05, 3.63) is 23.4 Å². The summed E-state index contributed by atoms with van der Waals surface area (Å²) < 4.78 is 0. The number of nitrogens with zero attached hydrogens (tertiary/aromatic N) is 1. The zero-order valence-electron chi connectivity index (χ0n) is 7.50. The Bertz CT molecular complexity index is 264. The van der Waals surface area contributed by atoms with Gasteiger partial charge in [-0.2, -0.15) is 0 Å². The van der Waals surface area contributed by atoms with E-state index in [0.717, 1.165) is 6.42 Å². The molecule has 0 aliphatic heterocycles. The highest BCUT2D eigenvalue weighted by atomic mass is 35.5. The second-order valence-electron chi connectivity index (χ2n) is 2.77. The van der Waals surface area contributed by atoms with Crippen molar-refractivity contribution >= 4 is 17.4 Å². The minimum absolute atomic E-state index is 0.0207. The molecule has 0 fully saturated rings. The monoisotopic (exact) mass is 200 g/mol. The molecule has 72 valence electrons. The minimum atomic E-state index is 0.0207. The molecule has 0 aromatic carbocycles. The predicted octanol–water partition coefficient (Wildman–Crippen LogP) is 1.92. The van der Waals surface area contributed by atoms with Crippen LogP contribution in [0.5, 0.6) is 0 Å². The summed E-state index contributed by atoms with van der Waals surface area (Å²) in [5, 5.41) is 12.6. The van der Waals surface area contributed by atoms with Gasteiger partial charge in [0.1, 0.15) is 5.82 Å². The van der Waals surface area contributed by atoms with Gasteiger partial charge >= 0.3 is 0 Å². The summed E-state index contributed by atoms with van der Waals surface area (Å²) in [5.41, 5.74) is 0. The summed E-state index contributed by atoms with van der Waals surface area (Å²) in [6.45, 7) is 2.08. The van der Waals surface area contributed by atoms with Gasteiger partial charge in [0.05, 0.1) is 17.7 Å². The third kappa shape index (κ3) is 2.86. The molecular weight excluding hydrogens is 188 g/mol. The normalized spacial score (nSPS) is 12.5. The number of halogens is 1. The average molecular weight is 201 g/mol. The summed E-state index contributed by atoms with van der Waals surface area (Å²) >= 11 is 5.88. The number of rotatable bonds is 4. The molecule has 0 spiro atoms. The summed E-state index contributed by atoms with van der Waals surface area (Å²) in [7, 11) is 0. The fourth-order valence-electron chi connectivity index (χ4n) is 0.962. The van der Waals surface area contributed by atoms with E-state index in [1.807, 2.05) is 6.92 Å². The van der Waals surface area contributed by atoms with E-state index in [1.165, 1.54) is 0 Å². The van der Waals surface area contributed by atoms with Crippen molar-refractivity contribution in [1.29, 1.82) is 0 Å². The van der Waals surface area contributed by atoms with Gasteiger partial charge in [0, 0.05) is 6.20 Å². The second kappa shape index (κ2) is 5.04. The van der Waals surface area contributed by atoms with Crippen molar-refractivity contribution in [2.75, 3.05) is 11.9 Å². The molecule has 0 saturated heterocycles. The molecule has 0 saturated carbocycles. The van der Waals surface area contributed by atoms with Crippen LogP contribution in [0.4, 0.5) is 5.82 Å². The first-order valence-electron chi connectivity index (χ1n) is 4.25. The molecule has 2 N–H and O–H groups in total. The van der Waals surface area contributed by atoms with Crippen LogP contribution in [0, 0.1) is 0 Å². The fraction of sp³-hybridized carbons (Fsp3) is 0.444. The van der Waals surface area contributed by atoms with Gasteiger partial charge in [0.15, 0.2) is 0 Å². The van der Waals surface area contributed by atoms with Gasteiger partial charge in [-0.25, -0.2) is 4.98 Å². The number of hydrogen-bond donors (Lipinski definition) is 2. The van der Waals surface area contributed by atoms with Crippen LogP contribution >= 0.6 is 11.6 Å². The van der Waals surface area contributed by atoms with Crippen molar-refractivity contribution in [2.24, 2.45) is 0 Å². The van der Waals surface area contributed by atoms with E-state index in [0.29, 0.717) is 10.8 Å². The zero-order valence-corrected chi connectivity index (χ0v) is 8.25. The SMILES string of the molecule is CCC(CO)Nc1ncccc1Cl. The molecule has 1 atom stereocenters. The highest BCUT2D eigenvalue weighted by Crippen LogP contribution is 2.18. The molecule has 1 unspecified atom stereocenters. The van der Waals surface area contributed by atoms with Crippen molar-refractivity contribution in [3.8, 4) is 0 Å². The molecule has 13 heavy (non-hydrogen) atoms. The quantitative estimate of drug-likeness (QED) is 0.781. The topological polar surface area (TPSA) is 45.1 Å². The standard InChI is InChI=1S/C9H13ClN2O/c1-2-7(6-13)12-9-8(10)4-3-5-11-9/h3-5,7,13H,2,6H2,1H3,(H,11,12). The molecular formula is C9H13ClN2O. The molecule has 0 amide bonds. The summed E-state index contributed by atoms with van der Waals surface area (Å²) in [5.74, 6) is 0.630. The first-order valence-corrected chi connectivity index (χ1v) is 4.63. The lowest BCUT2D eigenvalue weighted by Gasteiger charge is -2.14. The van der Waals surface area contributed by atoms with E-state index in [2.05, 4.69) is 10.3 Å². The van der Waals surface area contributed by atoms with Crippen LogP contribution in [0.15, 0.2) is 18.3 Å². The Balaban J connectivity index is 2.67. The van der Waals surface area contributed by atoms with Crippen LogP contribution < -0.4 is 5.32 Å². The number of nitrogens with one attached hydrogen (secondary N) is 1. The Labute approximate surface area is 82.8 Å². The maximum absolute atomic E-state index is 8.94. The van der Waals surface area contributed by atoms with E-state index in [4.69, 9.17) is 16.7 Å². The van der Waals surface area contributed by atoms with Crippen molar-refractivity contribution in [3.63, 3.8) is 0 Å². The van der Waals surface area contributed by atoms with Crippen LogP contribution in [-0.4, -0.2) is 22.7 Å². The van der Waals surface area contributed by atoms with Crippen LogP contribution in [0.2, 0.25) is 5.02 Å². The lowest BCUT2D eigenvalue weighted by Crippen LogP contribution is -2.23. The smallest absolute Gasteiger partial charge is 0.145 e. The van der Waals surface area contributed by atoms with E-state index < -0.39 is 0 Å². The number of pyridine rings is 1. The number of aliphatic hydroxyl groups excluding tert-OH is 1. The van der Waals surface area contributed by atoms with E-state index >= 15 is 0 Å². The van der Waals surface area contributed by atoms with Gasteiger partial charge in [-0.05, 0) is 18.6 Å². The number of aliphatic hydroxyl groups is 1. The molecule has 0 radical (unpaired) electrons. The van der Waals surface area contributed by atoms with E-state index in [1.54, 1.807) is 18.3 Å². The van der Waals surface area contributed by atoms with Crippen molar-refractivity contribution in [2.45, 2.75) is 19.4 Å². The third-order valence-electron chi connectivity index (χ3n) is 1.81. The van der Waals surface area contributed by atoms with Crippen LogP contribution in [0.3, 0.4) is 0 Å². The van der Waals surface area contributed by atoms with Crippen molar-refractivity contribution in [1.82, 2.24) is 4.98 Å². The first kappa shape index (κ1) is 10.3. The van der Waals surface area contributed by atoms with Gasteiger partial charge in [0.2, 0.25) is 0 Å². The summed E-state index contributed by atoms with van der Waals surface area (Å²) in [6, 6.07) is 3.56. The minimum Gasteiger partial charge on any atom is -0.394 e. The zero-order chi connectivity index (χ0) is 9.68. The highest BCUT2D eigenvalue weighted by molar-refractivity contribution is 6.32. The molecule has 1 aromatic heterocycles. The van der Waals surface area contributed by atoms with E-state index in [9.17, 15) is 0 Å². The number of aromatic nitrogens is 1. The van der Waals surface area contributed by atoms with Gasteiger partial charge in [-0.15, -0.1) is 0 Å². The maximum atomic E-state index is 8.94. The Kier molecular flexibility index (Phi) is 3.99. The molecule has 1 aromatic rings. The third-order valence-corrected chi connectivity index (χ3v) is 2.12. The van der Waals surface area contributed by atoms with Gasteiger partial charge in [0.25, 0.3) is 0 Å². The van der Waals surface area contributed by atoms with Gasteiger partial charge in [-0.1, -0.05) is 18.5 Å². The van der Waals surface area contributed by atoms with Crippen LogP contribution in [-0.2, 0) is 0 Å². The Morgan fingerprint density at radius 2 is 2.46 bits per heavy atom. The highest BCUT2D eigenvalue weighted by Gasteiger charge is 2.06. The average Bonchev–Trinajstić information content (AvgIpc) is 2.17. The lowest BCUT2D eigenvalue weighted by molar-refractivity contribution is 0.271. The molecule has 3 nitrogen and oxygen atoms in total. The Hall–Kier alpha value is -0.800. The summed E-state index contributed by atoms with van der Waals surface area (Å²) in [6.07, 6.45) is 2.50. The van der Waals surface area contributed by atoms with Crippen LogP contribution in [0.1, 0.15) is 13.3 Å². The fourth-order valence-corrected chi connectivity index (χ4v) is 1.14. The second-order valence-corrected chi connectivity index (χ2v) is 3.17. The molecule has 1 rings (SSSR count). The predicted molar refractivity (Wildman–Crippen MR) is 54.0 cm³/mol. The van der Waals surface area contributed by atoms with Gasteiger partial charge in [-0.3, -0.25) is 0 Å². The Morgan fingerprint density at radius 3 is 3.00 bits per heavy atom. The molecule has 0 aliphatic carbocycles. The molecule has 0 aliphatic rings. The van der Waals surface area contributed by atoms with Crippen molar-refractivity contribution < 1.29 is 5.11 Å². The lowest BCUT2D eigenvalue weighted by atomic mass is 10.2. The van der Waals surface area contributed by atoms with Crippen LogP contribution in [0.25, 0.3) is 0 Å². The largest absolute Gasteiger partial charge is 0.394 e. The van der Waals surface area contributed by atoms with E-state index in [-0.39, 0.29) is 12.6 Å².